The van der Waals surface area contributed by atoms with Crippen LogP contribution in [0, 0.1) is 0 Å². The molecule has 1 aromatic heterocycles. The Morgan fingerprint density at radius 3 is 2.24 bits per heavy atom. The van der Waals surface area contributed by atoms with Gasteiger partial charge >= 0.3 is 0 Å². The maximum Gasteiger partial charge on any atom is 0.0271 e. The minimum Gasteiger partial charge on any atom is -0.309 e. The highest BCUT2D eigenvalue weighted by atomic mass is 14.8. The number of pyridine rings is 1. The molecule has 21 heavy (non-hydrogen) atoms. The lowest BCUT2D eigenvalue weighted by molar-refractivity contribution is 0.693. The first-order valence-corrected chi connectivity index (χ1v) is 7.16. The molecule has 0 saturated heterocycles. The number of hydrogen-bond acceptors (Lipinski definition) is 2. The molecule has 0 bridgehead atoms. The van der Waals surface area contributed by atoms with Gasteiger partial charge in [0.25, 0.3) is 0 Å². The summed E-state index contributed by atoms with van der Waals surface area (Å²) in [6, 6.07) is 23.1. The summed E-state index contributed by atoms with van der Waals surface area (Å²) >= 11 is 0. The second-order valence-electron chi connectivity index (χ2n) is 4.98. The monoisotopic (exact) mass is 274 g/mol. The summed E-state index contributed by atoms with van der Waals surface area (Å²) in [5.74, 6) is 0. The van der Waals surface area contributed by atoms with Crippen molar-refractivity contribution in [2.45, 2.75) is 13.1 Å². The lowest BCUT2D eigenvalue weighted by Crippen LogP contribution is -2.13. The van der Waals surface area contributed by atoms with Crippen LogP contribution in [0.4, 0.5) is 0 Å². The highest BCUT2D eigenvalue weighted by molar-refractivity contribution is 5.67. The number of nitrogens with one attached hydrogen (secondary N) is 1. The summed E-state index contributed by atoms with van der Waals surface area (Å²) in [6.45, 7) is 1.71. The summed E-state index contributed by atoms with van der Waals surface area (Å²) in [6.07, 6.45) is 3.66. The average molecular weight is 274 g/mol. The largest absolute Gasteiger partial charge is 0.309 e. The van der Waals surface area contributed by atoms with Crippen molar-refractivity contribution in [3.05, 3.63) is 90.3 Å². The van der Waals surface area contributed by atoms with Gasteiger partial charge in [-0.05, 0) is 34.4 Å². The minimum absolute atomic E-state index is 0.853. The number of hydrogen-bond donors (Lipinski definition) is 1. The predicted octanol–water partition coefficient (Wildman–Crippen LogP) is 4.04. The number of aromatic nitrogens is 1. The third kappa shape index (κ3) is 3.56. The fourth-order valence-corrected chi connectivity index (χ4v) is 2.42. The van der Waals surface area contributed by atoms with Crippen LogP contribution in [0.2, 0.25) is 0 Å². The van der Waals surface area contributed by atoms with Crippen LogP contribution in [0.3, 0.4) is 0 Å². The third-order valence-corrected chi connectivity index (χ3v) is 3.50. The van der Waals surface area contributed by atoms with Crippen molar-refractivity contribution in [2.75, 3.05) is 0 Å². The lowest BCUT2D eigenvalue weighted by atomic mass is 10.00. The second-order valence-corrected chi connectivity index (χ2v) is 4.98. The summed E-state index contributed by atoms with van der Waals surface area (Å²) < 4.78 is 0. The molecule has 0 spiro atoms. The van der Waals surface area contributed by atoms with Crippen molar-refractivity contribution in [3.8, 4) is 11.1 Å². The standard InChI is InChI=1S/C19H18N2/c1-2-6-17(7-3-1)19-9-5-4-8-18(19)15-21-14-16-10-12-20-13-11-16/h1-13,21H,14-15H2. The van der Waals surface area contributed by atoms with Crippen LogP contribution in [-0.4, -0.2) is 4.98 Å². The molecule has 0 atom stereocenters. The van der Waals surface area contributed by atoms with Crippen LogP contribution in [-0.2, 0) is 13.1 Å². The molecule has 2 heteroatoms. The van der Waals surface area contributed by atoms with E-state index in [0.717, 1.165) is 13.1 Å². The van der Waals surface area contributed by atoms with Crippen molar-refractivity contribution in [1.29, 1.82) is 0 Å². The molecule has 0 saturated carbocycles. The van der Waals surface area contributed by atoms with Crippen LogP contribution < -0.4 is 5.32 Å². The van der Waals surface area contributed by atoms with E-state index in [2.05, 4.69) is 58.8 Å². The maximum atomic E-state index is 4.04. The van der Waals surface area contributed by atoms with Gasteiger partial charge in [0.1, 0.15) is 0 Å². The molecule has 0 aliphatic carbocycles. The average Bonchev–Trinajstić information content (AvgIpc) is 2.57. The first kappa shape index (κ1) is 13.5. The van der Waals surface area contributed by atoms with E-state index in [9.17, 15) is 0 Å². The molecule has 0 fully saturated rings. The zero-order valence-corrected chi connectivity index (χ0v) is 11.9. The Balaban J connectivity index is 1.71. The second kappa shape index (κ2) is 6.82. The van der Waals surface area contributed by atoms with Crippen LogP contribution in [0.1, 0.15) is 11.1 Å². The van der Waals surface area contributed by atoms with Gasteiger partial charge in [-0.3, -0.25) is 4.98 Å². The summed E-state index contributed by atoms with van der Waals surface area (Å²) in [4.78, 5) is 4.04. The Bertz CT molecular complexity index is 678. The molecule has 104 valence electrons. The fourth-order valence-electron chi connectivity index (χ4n) is 2.42. The molecule has 0 aliphatic rings. The van der Waals surface area contributed by atoms with Gasteiger partial charge in [0.15, 0.2) is 0 Å². The number of nitrogens with zero attached hydrogens (tertiary/aromatic N) is 1. The van der Waals surface area contributed by atoms with E-state index in [0.29, 0.717) is 0 Å². The maximum absolute atomic E-state index is 4.04. The van der Waals surface area contributed by atoms with E-state index in [4.69, 9.17) is 0 Å². The minimum atomic E-state index is 0.853. The molecule has 3 rings (SSSR count). The molecule has 2 aromatic carbocycles. The van der Waals surface area contributed by atoms with E-state index >= 15 is 0 Å². The number of benzene rings is 2. The SMILES string of the molecule is c1ccc(-c2ccccc2CNCc2ccncc2)cc1. The topological polar surface area (TPSA) is 24.9 Å². The molecular weight excluding hydrogens is 256 g/mol. The van der Waals surface area contributed by atoms with Gasteiger partial charge in [0.2, 0.25) is 0 Å². The lowest BCUT2D eigenvalue weighted by Gasteiger charge is -2.11. The van der Waals surface area contributed by atoms with E-state index in [1.54, 1.807) is 0 Å². The Morgan fingerprint density at radius 1 is 0.714 bits per heavy atom. The first-order chi connectivity index (χ1) is 10.4. The van der Waals surface area contributed by atoms with Crippen molar-refractivity contribution in [1.82, 2.24) is 10.3 Å². The molecule has 1 heterocycles. The van der Waals surface area contributed by atoms with Gasteiger partial charge in [0, 0.05) is 25.5 Å². The van der Waals surface area contributed by atoms with Gasteiger partial charge < -0.3 is 5.32 Å². The van der Waals surface area contributed by atoms with Gasteiger partial charge in [-0.25, -0.2) is 0 Å². The van der Waals surface area contributed by atoms with Crippen LogP contribution in [0.15, 0.2) is 79.1 Å². The molecule has 0 radical (unpaired) electrons. The number of rotatable bonds is 5. The van der Waals surface area contributed by atoms with Crippen LogP contribution in [0.5, 0.6) is 0 Å². The Hall–Kier alpha value is -2.45. The highest BCUT2D eigenvalue weighted by Crippen LogP contribution is 2.23. The summed E-state index contributed by atoms with van der Waals surface area (Å²) in [5, 5.41) is 3.50. The van der Waals surface area contributed by atoms with Gasteiger partial charge in [-0.2, -0.15) is 0 Å². The van der Waals surface area contributed by atoms with E-state index in [1.807, 2.05) is 30.6 Å². The van der Waals surface area contributed by atoms with E-state index in [1.165, 1.54) is 22.3 Å². The van der Waals surface area contributed by atoms with Crippen molar-refractivity contribution < 1.29 is 0 Å². The normalized spacial score (nSPS) is 10.5. The zero-order valence-electron chi connectivity index (χ0n) is 11.9. The summed E-state index contributed by atoms with van der Waals surface area (Å²) in [7, 11) is 0. The molecule has 0 amide bonds. The van der Waals surface area contributed by atoms with Crippen molar-refractivity contribution >= 4 is 0 Å². The van der Waals surface area contributed by atoms with Crippen molar-refractivity contribution in [2.24, 2.45) is 0 Å². The Kier molecular flexibility index (Phi) is 4.39. The van der Waals surface area contributed by atoms with Crippen LogP contribution >= 0.6 is 0 Å². The quantitative estimate of drug-likeness (QED) is 0.759. The molecular formula is C19H18N2. The molecule has 3 aromatic rings. The van der Waals surface area contributed by atoms with Gasteiger partial charge in [-0.1, -0.05) is 54.6 Å². The van der Waals surface area contributed by atoms with Gasteiger partial charge in [0.05, 0.1) is 0 Å². The zero-order chi connectivity index (χ0) is 14.3. The molecule has 1 N–H and O–H groups in total. The summed E-state index contributed by atoms with van der Waals surface area (Å²) in [5.41, 5.74) is 5.12. The molecule has 0 unspecified atom stereocenters. The smallest absolute Gasteiger partial charge is 0.0271 e. The predicted molar refractivity (Wildman–Crippen MR) is 86.7 cm³/mol. The van der Waals surface area contributed by atoms with E-state index < -0.39 is 0 Å². The Labute approximate surface area is 125 Å². The highest BCUT2D eigenvalue weighted by Gasteiger charge is 2.03. The van der Waals surface area contributed by atoms with Crippen molar-refractivity contribution in [3.63, 3.8) is 0 Å². The van der Waals surface area contributed by atoms with Crippen LogP contribution in [0.25, 0.3) is 11.1 Å². The third-order valence-electron chi connectivity index (χ3n) is 3.50. The first-order valence-electron chi connectivity index (χ1n) is 7.16. The Morgan fingerprint density at radius 2 is 1.43 bits per heavy atom. The van der Waals surface area contributed by atoms with Gasteiger partial charge in [-0.15, -0.1) is 0 Å². The van der Waals surface area contributed by atoms with E-state index in [-0.39, 0.29) is 0 Å². The molecule has 0 aliphatic heterocycles. The fraction of sp³-hybridized carbons (Fsp3) is 0.105. The molecule has 2 nitrogen and oxygen atoms in total.